The first-order valence-electron chi connectivity index (χ1n) is 6.81. The highest BCUT2D eigenvalue weighted by atomic mass is 35.5. The van der Waals surface area contributed by atoms with E-state index < -0.39 is 0 Å². The summed E-state index contributed by atoms with van der Waals surface area (Å²) in [4.78, 5) is 2.66. The topological polar surface area (TPSA) is 15.3 Å². The Bertz CT molecular complexity index is 177. The van der Waals surface area contributed by atoms with Gasteiger partial charge in [-0.25, -0.2) is 0 Å². The highest BCUT2D eigenvalue weighted by Gasteiger charge is 2.22. The summed E-state index contributed by atoms with van der Waals surface area (Å²) in [5, 5.41) is 3.51. The van der Waals surface area contributed by atoms with E-state index in [2.05, 4.69) is 17.1 Å². The highest BCUT2D eigenvalue weighted by Crippen LogP contribution is 2.32. The van der Waals surface area contributed by atoms with Gasteiger partial charge in [-0.2, -0.15) is 0 Å². The van der Waals surface area contributed by atoms with Gasteiger partial charge in [0.05, 0.1) is 0 Å². The number of rotatable bonds is 6. The second-order valence-corrected chi connectivity index (χ2v) is 5.34. The van der Waals surface area contributed by atoms with E-state index in [1.54, 1.807) is 0 Å². The Morgan fingerprint density at radius 3 is 2.56 bits per heavy atom. The second kappa shape index (κ2) is 7.52. The van der Waals surface area contributed by atoms with Crippen LogP contribution in [0.1, 0.15) is 39.0 Å². The zero-order chi connectivity index (χ0) is 10.5. The van der Waals surface area contributed by atoms with Gasteiger partial charge < -0.3 is 10.2 Å². The lowest BCUT2D eigenvalue weighted by atomic mass is 9.99. The van der Waals surface area contributed by atoms with Crippen LogP contribution in [0, 0.1) is 11.8 Å². The van der Waals surface area contributed by atoms with Crippen LogP contribution in [-0.2, 0) is 0 Å². The molecule has 1 atom stereocenters. The Morgan fingerprint density at radius 2 is 2.00 bits per heavy atom. The third-order valence-corrected chi connectivity index (χ3v) is 3.91. The molecule has 2 aliphatic rings. The summed E-state index contributed by atoms with van der Waals surface area (Å²) in [6.07, 6.45) is 7.27. The van der Waals surface area contributed by atoms with E-state index in [1.807, 2.05) is 0 Å². The van der Waals surface area contributed by atoms with E-state index in [-0.39, 0.29) is 12.4 Å². The molecule has 2 nitrogen and oxygen atoms in total. The van der Waals surface area contributed by atoms with Crippen LogP contribution in [0.2, 0.25) is 0 Å². The van der Waals surface area contributed by atoms with Crippen molar-refractivity contribution in [2.45, 2.75) is 39.0 Å². The van der Waals surface area contributed by atoms with Crippen LogP contribution in [-0.4, -0.2) is 37.6 Å². The van der Waals surface area contributed by atoms with Gasteiger partial charge in [-0.15, -0.1) is 12.4 Å². The average Bonchev–Trinajstić information content (AvgIpc) is 3.09. The molecule has 1 saturated carbocycles. The lowest BCUT2D eigenvalue weighted by Gasteiger charge is -2.29. The Labute approximate surface area is 107 Å². The molecule has 1 aliphatic heterocycles. The van der Waals surface area contributed by atoms with Crippen LogP contribution >= 0.6 is 12.4 Å². The predicted octanol–water partition coefficient (Wildman–Crippen LogP) is 2.53. The summed E-state index contributed by atoms with van der Waals surface area (Å²) in [6, 6.07) is 0. The number of hydrogen-bond donors (Lipinski definition) is 1. The maximum atomic E-state index is 3.51. The largest absolute Gasteiger partial charge is 0.316 e. The summed E-state index contributed by atoms with van der Waals surface area (Å²) in [7, 11) is 0. The zero-order valence-corrected chi connectivity index (χ0v) is 11.4. The standard InChI is InChI=1S/C13H26N2.ClH/c1-2-15(9-7-12-5-6-12)11-13-4-3-8-14-10-13;/h12-14H,2-11H2,1H3;1H. The molecule has 1 unspecified atom stereocenters. The van der Waals surface area contributed by atoms with Gasteiger partial charge in [-0.1, -0.05) is 19.8 Å². The fourth-order valence-corrected chi connectivity index (χ4v) is 2.60. The predicted molar refractivity (Wildman–Crippen MR) is 72.3 cm³/mol. The molecule has 0 spiro atoms. The molecule has 0 aromatic carbocycles. The molecule has 3 heteroatoms. The van der Waals surface area contributed by atoms with Gasteiger partial charge in [0.15, 0.2) is 0 Å². The third-order valence-electron chi connectivity index (χ3n) is 3.91. The fourth-order valence-electron chi connectivity index (χ4n) is 2.60. The second-order valence-electron chi connectivity index (χ2n) is 5.34. The van der Waals surface area contributed by atoms with Gasteiger partial charge in [-0.3, -0.25) is 0 Å². The normalized spacial score (nSPS) is 25.5. The molecule has 2 rings (SSSR count). The first-order valence-corrected chi connectivity index (χ1v) is 6.81. The van der Waals surface area contributed by atoms with E-state index >= 15 is 0 Å². The van der Waals surface area contributed by atoms with Crippen molar-refractivity contribution in [3.8, 4) is 0 Å². The first-order chi connectivity index (χ1) is 7.38. The van der Waals surface area contributed by atoms with Crippen LogP contribution in [0.5, 0.6) is 0 Å². The lowest BCUT2D eigenvalue weighted by Crippen LogP contribution is -2.38. The van der Waals surface area contributed by atoms with Gasteiger partial charge >= 0.3 is 0 Å². The number of hydrogen-bond acceptors (Lipinski definition) is 2. The van der Waals surface area contributed by atoms with Crippen molar-refractivity contribution in [3.05, 3.63) is 0 Å². The summed E-state index contributed by atoms with van der Waals surface area (Å²) < 4.78 is 0. The van der Waals surface area contributed by atoms with Crippen LogP contribution < -0.4 is 5.32 Å². The van der Waals surface area contributed by atoms with Gasteiger partial charge in [0.2, 0.25) is 0 Å². The molecule has 0 radical (unpaired) electrons. The Balaban J connectivity index is 0.00000128. The summed E-state index contributed by atoms with van der Waals surface area (Å²) in [5.74, 6) is 2.00. The first kappa shape index (κ1) is 14.3. The minimum Gasteiger partial charge on any atom is -0.316 e. The van der Waals surface area contributed by atoms with Crippen molar-refractivity contribution in [3.63, 3.8) is 0 Å². The van der Waals surface area contributed by atoms with E-state index in [4.69, 9.17) is 0 Å². The molecule has 0 bridgehead atoms. The summed E-state index contributed by atoms with van der Waals surface area (Å²) in [6.45, 7) is 8.71. The van der Waals surface area contributed by atoms with Crippen LogP contribution in [0.3, 0.4) is 0 Å². The van der Waals surface area contributed by atoms with Crippen LogP contribution in [0.15, 0.2) is 0 Å². The molecule has 1 aliphatic carbocycles. The molecular formula is C13H27ClN2. The summed E-state index contributed by atoms with van der Waals surface area (Å²) in [5.41, 5.74) is 0. The quantitative estimate of drug-likeness (QED) is 0.775. The van der Waals surface area contributed by atoms with Crippen molar-refractivity contribution >= 4 is 12.4 Å². The molecule has 1 saturated heterocycles. The van der Waals surface area contributed by atoms with E-state index in [0.717, 1.165) is 11.8 Å². The van der Waals surface area contributed by atoms with Crippen molar-refractivity contribution < 1.29 is 0 Å². The molecule has 16 heavy (non-hydrogen) atoms. The SMILES string of the molecule is CCN(CCC1CC1)CC1CCCNC1.Cl. The van der Waals surface area contributed by atoms with Gasteiger partial charge in [0, 0.05) is 6.54 Å². The van der Waals surface area contributed by atoms with E-state index in [1.165, 1.54) is 64.8 Å². The maximum absolute atomic E-state index is 3.51. The molecule has 0 aromatic rings. The van der Waals surface area contributed by atoms with Gasteiger partial charge in [0.1, 0.15) is 0 Å². The molecule has 1 N–H and O–H groups in total. The zero-order valence-electron chi connectivity index (χ0n) is 10.6. The Kier molecular flexibility index (Phi) is 6.71. The molecule has 0 aromatic heterocycles. The van der Waals surface area contributed by atoms with Gasteiger partial charge in [0.25, 0.3) is 0 Å². The van der Waals surface area contributed by atoms with Crippen molar-refractivity contribution in [2.75, 3.05) is 32.7 Å². The minimum absolute atomic E-state index is 0. The van der Waals surface area contributed by atoms with Crippen molar-refractivity contribution in [1.82, 2.24) is 10.2 Å². The van der Waals surface area contributed by atoms with Gasteiger partial charge in [-0.05, 0) is 57.3 Å². The maximum Gasteiger partial charge on any atom is 0.00217 e. The Morgan fingerprint density at radius 1 is 1.19 bits per heavy atom. The Hall–Kier alpha value is 0.210. The van der Waals surface area contributed by atoms with Crippen molar-refractivity contribution in [2.24, 2.45) is 11.8 Å². The highest BCUT2D eigenvalue weighted by molar-refractivity contribution is 5.85. The minimum atomic E-state index is 0. The molecule has 0 amide bonds. The van der Waals surface area contributed by atoms with Crippen molar-refractivity contribution in [1.29, 1.82) is 0 Å². The monoisotopic (exact) mass is 246 g/mol. The number of nitrogens with zero attached hydrogens (tertiary/aromatic N) is 1. The number of piperidine rings is 1. The summed E-state index contributed by atoms with van der Waals surface area (Å²) >= 11 is 0. The number of halogens is 1. The van der Waals surface area contributed by atoms with E-state index in [9.17, 15) is 0 Å². The molecular weight excluding hydrogens is 220 g/mol. The molecule has 1 heterocycles. The molecule has 2 fully saturated rings. The number of nitrogens with one attached hydrogen (secondary N) is 1. The third kappa shape index (κ3) is 5.03. The van der Waals surface area contributed by atoms with Crippen LogP contribution in [0.25, 0.3) is 0 Å². The molecule has 96 valence electrons. The fraction of sp³-hybridized carbons (Fsp3) is 1.00. The smallest absolute Gasteiger partial charge is 0.00217 e. The van der Waals surface area contributed by atoms with Crippen LogP contribution in [0.4, 0.5) is 0 Å². The van der Waals surface area contributed by atoms with E-state index in [0.29, 0.717) is 0 Å². The lowest BCUT2D eigenvalue weighted by molar-refractivity contribution is 0.211. The average molecular weight is 247 g/mol.